The van der Waals surface area contributed by atoms with E-state index in [1.807, 2.05) is 24.5 Å². The number of aliphatic hydroxyl groups is 1. The molecule has 0 aliphatic carbocycles. The highest BCUT2D eigenvalue weighted by molar-refractivity contribution is 9.10. The van der Waals surface area contributed by atoms with E-state index >= 15 is 0 Å². The van der Waals surface area contributed by atoms with Gasteiger partial charge >= 0.3 is 0 Å². The van der Waals surface area contributed by atoms with Crippen LogP contribution in [0.3, 0.4) is 0 Å². The Bertz CT molecular complexity index is 306. The molecular formula is C10H14BrNOS. The predicted molar refractivity (Wildman–Crippen MR) is 64.6 cm³/mol. The van der Waals surface area contributed by atoms with Crippen molar-refractivity contribution in [1.82, 2.24) is 0 Å². The van der Waals surface area contributed by atoms with Crippen molar-refractivity contribution in [3.63, 3.8) is 0 Å². The van der Waals surface area contributed by atoms with Gasteiger partial charge in [0.2, 0.25) is 0 Å². The summed E-state index contributed by atoms with van der Waals surface area (Å²) in [5, 5.41) is 9.84. The molecule has 0 fully saturated rings. The van der Waals surface area contributed by atoms with Gasteiger partial charge in [0.25, 0.3) is 0 Å². The lowest BCUT2D eigenvalue weighted by Crippen LogP contribution is -2.07. The molecular weight excluding hydrogens is 262 g/mol. The summed E-state index contributed by atoms with van der Waals surface area (Å²) in [5.74, 6) is 0. The second-order valence-corrected chi connectivity index (χ2v) is 4.74. The van der Waals surface area contributed by atoms with Crippen LogP contribution in [0, 0.1) is 0 Å². The first kappa shape index (κ1) is 12.0. The average molecular weight is 276 g/mol. The minimum Gasteiger partial charge on any atom is -0.388 e. The third-order valence-electron chi connectivity index (χ3n) is 1.99. The van der Waals surface area contributed by atoms with Crippen molar-refractivity contribution in [2.45, 2.75) is 17.4 Å². The van der Waals surface area contributed by atoms with Crippen LogP contribution < -0.4 is 5.73 Å². The molecule has 0 saturated heterocycles. The average Bonchev–Trinajstić information content (AvgIpc) is 2.18. The van der Waals surface area contributed by atoms with Crippen LogP contribution in [0.15, 0.2) is 27.6 Å². The highest BCUT2D eigenvalue weighted by atomic mass is 79.9. The Hall–Kier alpha value is -0.0300. The van der Waals surface area contributed by atoms with E-state index in [0.717, 1.165) is 14.9 Å². The fourth-order valence-corrected chi connectivity index (χ4v) is 2.29. The Morgan fingerprint density at radius 2 is 2.29 bits per heavy atom. The lowest BCUT2D eigenvalue weighted by molar-refractivity contribution is 0.167. The number of thioether (sulfide) groups is 1. The number of halogens is 1. The number of hydrogen-bond acceptors (Lipinski definition) is 3. The zero-order chi connectivity index (χ0) is 10.6. The second kappa shape index (κ2) is 5.75. The van der Waals surface area contributed by atoms with Gasteiger partial charge in [-0.3, -0.25) is 0 Å². The molecule has 1 rings (SSSR count). The number of rotatable bonds is 4. The van der Waals surface area contributed by atoms with Crippen LogP contribution >= 0.6 is 27.7 Å². The van der Waals surface area contributed by atoms with Gasteiger partial charge in [-0.05, 0) is 43.0 Å². The van der Waals surface area contributed by atoms with E-state index in [4.69, 9.17) is 5.73 Å². The lowest BCUT2D eigenvalue weighted by atomic mass is 10.1. The molecule has 14 heavy (non-hydrogen) atoms. The van der Waals surface area contributed by atoms with Gasteiger partial charge in [0.15, 0.2) is 0 Å². The third-order valence-corrected chi connectivity index (χ3v) is 3.30. The molecule has 0 amide bonds. The molecule has 1 unspecified atom stereocenters. The van der Waals surface area contributed by atoms with Crippen LogP contribution in [0.5, 0.6) is 0 Å². The van der Waals surface area contributed by atoms with Gasteiger partial charge in [-0.1, -0.05) is 15.9 Å². The summed E-state index contributed by atoms with van der Waals surface area (Å²) in [4.78, 5) is 1.11. The summed E-state index contributed by atoms with van der Waals surface area (Å²) >= 11 is 5.03. The van der Waals surface area contributed by atoms with E-state index in [-0.39, 0.29) is 0 Å². The van der Waals surface area contributed by atoms with Gasteiger partial charge in [-0.25, -0.2) is 0 Å². The van der Waals surface area contributed by atoms with Gasteiger partial charge in [0.05, 0.1) is 6.10 Å². The fraction of sp³-hybridized carbons (Fsp3) is 0.400. The lowest BCUT2D eigenvalue weighted by Gasteiger charge is -2.13. The molecule has 1 aromatic carbocycles. The highest BCUT2D eigenvalue weighted by Crippen LogP contribution is 2.30. The third kappa shape index (κ3) is 2.98. The Morgan fingerprint density at radius 1 is 1.57 bits per heavy atom. The molecule has 4 heteroatoms. The van der Waals surface area contributed by atoms with Crippen LogP contribution in [-0.2, 0) is 0 Å². The standard InChI is InChI=1S/C10H14BrNOS/c1-14-10-3-2-7(11)6-8(10)9(13)4-5-12/h2-3,6,9,13H,4-5,12H2,1H3. The molecule has 0 aromatic heterocycles. The number of benzene rings is 1. The molecule has 0 aliphatic rings. The molecule has 0 heterocycles. The minimum atomic E-state index is -0.458. The Morgan fingerprint density at radius 3 is 2.86 bits per heavy atom. The first-order valence-electron chi connectivity index (χ1n) is 4.40. The van der Waals surface area contributed by atoms with Crippen molar-refractivity contribution < 1.29 is 5.11 Å². The maximum Gasteiger partial charge on any atom is 0.0813 e. The van der Waals surface area contributed by atoms with Gasteiger partial charge in [-0.15, -0.1) is 11.8 Å². The monoisotopic (exact) mass is 275 g/mol. The van der Waals surface area contributed by atoms with Gasteiger partial charge in [-0.2, -0.15) is 0 Å². The summed E-state index contributed by atoms with van der Waals surface area (Å²) in [5.41, 5.74) is 6.37. The Balaban J connectivity index is 2.97. The van der Waals surface area contributed by atoms with Gasteiger partial charge < -0.3 is 10.8 Å². The van der Waals surface area contributed by atoms with E-state index in [2.05, 4.69) is 15.9 Å². The van der Waals surface area contributed by atoms with Crippen molar-refractivity contribution in [1.29, 1.82) is 0 Å². The number of nitrogens with two attached hydrogens (primary N) is 1. The number of aliphatic hydroxyl groups excluding tert-OH is 1. The van der Waals surface area contributed by atoms with Crippen LogP contribution in [0.1, 0.15) is 18.1 Å². The van der Waals surface area contributed by atoms with Crippen molar-refractivity contribution in [2.75, 3.05) is 12.8 Å². The zero-order valence-corrected chi connectivity index (χ0v) is 10.4. The van der Waals surface area contributed by atoms with E-state index in [9.17, 15) is 5.11 Å². The number of hydrogen-bond donors (Lipinski definition) is 2. The minimum absolute atomic E-state index is 0.458. The highest BCUT2D eigenvalue weighted by Gasteiger charge is 2.11. The van der Waals surface area contributed by atoms with Crippen LogP contribution in [0.25, 0.3) is 0 Å². The summed E-state index contributed by atoms with van der Waals surface area (Å²) < 4.78 is 0.987. The normalized spacial score (nSPS) is 12.9. The summed E-state index contributed by atoms with van der Waals surface area (Å²) in [7, 11) is 0. The topological polar surface area (TPSA) is 46.2 Å². The van der Waals surface area contributed by atoms with Gasteiger partial charge in [0.1, 0.15) is 0 Å². The first-order valence-corrected chi connectivity index (χ1v) is 6.42. The second-order valence-electron chi connectivity index (χ2n) is 2.98. The van der Waals surface area contributed by atoms with Crippen molar-refractivity contribution in [3.05, 3.63) is 28.2 Å². The quantitative estimate of drug-likeness (QED) is 0.831. The molecule has 2 nitrogen and oxygen atoms in total. The van der Waals surface area contributed by atoms with Crippen molar-refractivity contribution >= 4 is 27.7 Å². The fourth-order valence-electron chi connectivity index (χ4n) is 1.28. The van der Waals surface area contributed by atoms with E-state index in [1.165, 1.54) is 0 Å². The van der Waals surface area contributed by atoms with Crippen LogP contribution in [0.2, 0.25) is 0 Å². The summed E-state index contributed by atoms with van der Waals surface area (Å²) in [6.45, 7) is 0.501. The maximum absolute atomic E-state index is 9.84. The SMILES string of the molecule is CSc1ccc(Br)cc1C(O)CCN. The Labute approximate surface area is 97.0 Å². The molecule has 0 aliphatic heterocycles. The Kier molecular flexibility index (Phi) is 4.95. The van der Waals surface area contributed by atoms with E-state index in [0.29, 0.717) is 13.0 Å². The van der Waals surface area contributed by atoms with E-state index < -0.39 is 6.10 Å². The predicted octanol–water partition coefficient (Wildman–Crippen LogP) is 2.55. The molecule has 1 aromatic rings. The molecule has 78 valence electrons. The van der Waals surface area contributed by atoms with Crippen LogP contribution in [-0.4, -0.2) is 17.9 Å². The summed E-state index contributed by atoms with van der Waals surface area (Å²) in [6, 6.07) is 5.93. The van der Waals surface area contributed by atoms with E-state index in [1.54, 1.807) is 11.8 Å². The van der Waals surface area contributed by atoms with Crippen LogP contribution in [0.4, 0.5) is 0 Å². The molecule has 0 spiro atoms. The van der Waals surface area contributed by atoms with Gasteiger partial charge in [0, 0.05) is 9.37 Å². The molecule has 0 bridgehead atoms. The maximum atomic E-state index is 9.84. The summed E-state index contributed by atoms with van der Waals surface area (Å²) in [6.07, 6.45) is 2.14. The smallest absolute Gasteiger partial charge is 0.0813 e. The van der Waals surface area contributed by atoms with Crippen molar-refractivity contribution in [3.8, 4) is 0 Å². The molecule has 1 atom stereocenters. The molecule has 3 N–H and O–H groups in total. The molecule has 0 saturated carbocycles. The largest absolute Gasteiger partial charge is 0.388 e. The first-order chi connectivity index (χ1) is 6.69. The molecule has 0 radical (unpaired) electrons. The van der Waals surface area contributed by atoms with Crippen molar-refractivity contribution in [2.24, 2.45) is 5.73 Å². The zero-order valence-electron chi connectivity index (χ0n) is 8.03.